The average Bonchev–Trinajstić information content (AvgIpc) is 2.85. The maximum Gasteiger partial charge on any atom is 0.387 e. The lowest BCUT2D eigenvalue weighted by Gasteiger charge is -2.28. The number of alkyl halides is 3. The Balaban J connectivity index is 1.64. The predicted molar refractivity (Wildman–Crippen MR) is 119 cm³/mol. The van der Waals surface area contributed by atoms with E-state index in [1.807, 2.05) is 0 Å². The molecule has 9 nitrogen and oxygen atoms in total. The lowest BCUT2D eigenvalue weighted by Crippen LogP contribution is -2.35. The van der Waals surface area contributed by atoms with Crippen molar-refractivity contribution in [2.24, 2.45) is 0 Å². The van der Waals surface area contributed by atoms with Gasteiger partial charge in [-0.05, 0) is 36.6 Å². The second kappa shape index (κ2) is 10.5. The molecule has 0 atom stereocenters. The molecule has 1 amide bonds. The Morgan fingerprint density at radius 2 is 1.89 bits per heavy atom. The molecule has 35 heavy (non-hydrogen) atoms. The molecule has 1 aliphatic heterocycles. The van der Waals surface area contributed by atoms with Gasteiger partial charge in [0.2, 0.25) is 5.95 Å². The Hall–Kier alpha value is -4.03. The van der Waals surface area contributed by atoms with Crippen LogP contribution in [-0.2, 0) is 0 Å². The summed E-state index contributed by atoms with van der Waals surface area (Å²) < 4.78 is 57.2. The number of carbonyl (C=O) groups excluding carboxylic acids is 1. The zero-order valence-electron chi connectivity index (χ0n) is 18.5. The van der Waals surface area contributed by atoms with Crippen LogP contribution in [0, 0.1) is 5.82 Å². The fourth-order valence-corrected chi connectivity index (χ4v) is 3.54. The van der Waals surface area contributed by atoms with E-state index in [0.717, 1.165) is 6.20 Å². The highest BCUT2D eigenvalue weighted by molar-refractivity contribution is 5.99. The summed E-state index contributed by atoms with van der Waals surface area (Å²) in [5.41, 5.74) is 0.741. The van der Waals surface area contributed by atoms with Gasteiger partial charge in [0.15, 0.2) is 23.1 Å². The zero-order chi connectivity index (χ0) is 24.9. The summed E-state index contributed by atoms with van der Waals surface area (Å²) in [6.07, 6.45) is 0.787. The summed E-state index contributed by atoms with van der Waals surface area (Å²) in [6.45, 7) is -2.17. The Morgan fingerprint density at radius 3 is 2.54 bits per heavy atom. The van der Waals surface area contributed by atoms with Crippen LogP contribution in [0.15, 0.2) is 36.5 Å². The van der Waals surface area contributed by atoms with Crippen LogP contribution in [0.25, 0.3) is 11.1 Å². The van der Waals surface area contributed by atoms with Gasteiger partial charge in [-0.25, -0.2) is 13.8 Å². The van der Waals surface area contributed by atoms with Crippen molar-refractivity contribution in [2.75, 3.05) is 30.4 Å². The fraction of sp³-hybridized carbons (Fsp3) is 0.318. The monoisotopic (exact) mass is 491 g/mol. The Bertz CT molecular complexity index is 1190. The maximum atomic E-state index is 14.5. The summed E-state index contributed by atoms with van der Waals surface area (Å²) in [5.74, 6) is -1.19. The van der Waals surface area contributed by atoms with E-state index >= 15 is 0 Å². The van der Waals surface area contributed by atoms with Gasteiger partial charge in [0, 0.05) is 25.7 Å². The molecular formula is C22H21F4N7O2. The van der Waals surface area contributed by atoms with Gasteiger partial charge in [0.25, 0.3) is 5.91 Å². The smallest absolute Gasteiger partial charge is 0.387 e. The standard InChI is InChI=1S/C22H21F4N7O2/c1-27-20(34)18-15(12-2-4-14(5-3-12)35-21(25)26)10-17(31-32-18)29-19-16(24)11-28-22(30-19)33-8-6-13(23)7-9-33/h2-5,10-11,13,21H,6-9H2,1H3,(H,27,34)(H,28,29,30,31). The first-order valence-corrected chi connectivity index (χ1v) is 10.7. The van der Waals surface area contributed by atoms with E-state index < -0.39 is 24.5 Å². The minimum Gasteiger partial charge on any atom is -0.435 e. The van der Waals surface area contributed by atoms with Crippen LogP contribution in [-0.4, -0.2) is 59.0 Å². The molecule has 0 radical (unpaired) electrons. The number of anilines is 3. The third-order valence-electron chi connectivity index (χ3n) is 5.31. The Kier molecular flexibility index (Phi) is 7.22. The van der Waals surface area contributed by atoms with Crippen molar-refractivity contribution >= 4 is 23.5 Å². The van der Waals surface area contributed by atoms with Crippen molar-refractivity contribution in [3.8, 4) is 16.9 Å². The quantitative estimate of drug-likeness (QED) is 0.482. The summed E-state index contributed by atoms with van der Waals surface area (Å²) in [6, 6.07) is 7.04. The molecule has 0 aliphatic carbocycles. The van der Waals surface area contributed by atoms with Crippen LogP contribution in [0.4, 0.5) is 35.1 Å². The molecule has 3 aromatic rings. The van der Waals surface area contributed by atoms with Gasteiger partial charge in [-0.3, -0.25) is 4.79 Å². The number of hydrogen-bond acceptors (Lipinski definition) is 8. The number of halogens is 4. The SMILES string of the molecule is CNC(=O)c1nnc(Nc2nc(N3CCC(F)CC3)ncc2F)cc1-c1ccc(OC(F)F)cc1. The Labute approximate surface area is 197 Å². The van der Waals surface area contributed by atoms with Gasteiger partial charge >= 0.3 is 6.61 Å². The van der Waals surface area contributed by atoms with Gasteiger partial charge in [0.05, 0.1) is 6.20 Å². The van der Waals surface area contributed by atoms with E-state index in [0.29, 0.717) is 37.1 Å². The number of ether oxygens (including phenoxy) is 1. The van der Waals surface area contributed by atoms with Gasteiger partial charge in [-0.2, -0.15) is 13.8 Å². The molecule has 4 rings (SSSR count). The molecule has 3 heterocycles. The first-order valence-electron chi connectivity index (χ1n) is 10.7. The van der Waals surface area contributed by atoms with E-state index in [9.17, 15) is 22.4 Å². The molecular weight excluding hydrogens is 470 g/mol. The second-order valence-electron chi connectivity index (χ2n) is 7.63. The number of carbonyl (C=O) groups is 1. The predicted octanol–water partition coefficient (Wildman–Crippen LogP) is 3.72. The topological polar surface area (TPSA) is 105 Å². The van der Waals surface area contributed by atoms with Crippen molar-refractivity contribution in [3.05, 3.63) is 48.0 Å². The van der Waals surface area contributed by atoms with Crippen molar-refractivity contribution in [1.29, 1.82) is 0 Å². The molecule has 0 unspecified atom stereocenters. The molecule has 0 bridgehead atoms. The van der Waals surface area contributed by atoms with Crippen LogP contribution in [0.1, 0.15) is 23.3 Å². The number of aromatic nitrogens is 4. The lowest BCUT2D eigenvalue weighted by atomic mass is 10.0. The van der Waals surface area contributed by atoms with Crippen molar-refractivity contribution in [2.45, 2.75) is 25.6 Å². The largest absolute Gasteiger partial charge is 0.435 e. The summed E-state index contributed by atoms with van der Waals surface area (Å²) in [4.78, 5) is 22.3. The van der Waals surface area contributed by atoms with Crippen LogP contribution >= 0.6 is 0 Å². The van der Waals surface area contributed by atoms with Crippen LogP contribution in [0.3, 0.4) is 0 Å². The first-order chi connectivity index (χ1) is 16.8. The van der Waals surface area contributed by atoms with Gasteiger partial charge in [0.1, 0.15) is 11.9 Å². The van der Waals surface area contributed by atoms with Crippen LogP contribution in [0.5, 0.6) is 5.75 Å². The van der Waals surface area contributed by atoms with Crippen molar-refractivity contribution in [3.63, 3.8) is 0 Å². The normalized spacial score (nSPS) is 14.2. The molecule has 1 aliphatic rings. The van der Waals surface area contributed by atoms with Crippen LogP contribution in [0.2, 0.25) is 0 Å². The van der Waals surface area contributed by atoms with Crippen LogP contribution < -0.4 is 20.3 Å². The third-order valence-corrected chi connectivity index (χ3v) is 5.31. The molecule has 0 spiro atoms. The zero-order valence-corrected chi connectivity index (χ0v) is 18.5. The molecule has 13 heteroatoms. The molecule has 1 aromatic carbocycles. The number of amides is 1. The summed E-state index contributed by atoms with van der Waals surface area (Å²) >= 11 is 0. The van der Waals surface area contributed by atoms with E-state index in [-0.39, 0.29) is 29.0 Å². The highest BCUT2D eigenvalue weighted by Crippen LogP contribution is 2.29. The van der Waals surface area contributed by atoms with E-state index in [1.54, 1.807) is 4.90 Å². The molecule has 1 saturated heterocycles. The summed E-state index contributed by atoms with van der Waals surface area (Å²) in [5, 5.41) is 13.1. The highest BCUT2D eigenvalue weighted by Gasteiger charge is 2.22. The lowest BCUT2D eigenvalue weighted by molar-refractivity contribution is -0.0498. The second-order valence-corrected chi connectivity index (χ2v) is 7.63. The van der Waals surface area contributed by atoms with Crippen molar-refractivity contribution in [1.82, 2.24) is 25.5 Å². The number of nitrogens with zero attached hydrogens (tertiary/aromatic N) is 5. The van der Waals surface area contributed by atoms with Gasteiger partial charge in [-0.1, -0.05) is 12.1 Å². The number of piperidine rings is 1. The minimum absolute atomic E-state index is 0.0291. The van der Waals surface area contributed by atoms with Gasteiger partial charge < -0.3 is 20.3 Å². The maximum absolute atomic E-state index is 14.5. The van der Waals surface area contributed by atoms with E-state index in [2.05, 4.69) is 35.5 Å². The third kappa shape index (κ3) is 5.73. The Morgan fingerprint density at radius 1 is 1.17 bits per heavy atom. The molecule has 2 N–H and O–H groups in total. The van der Waals surface area contributed by atoms with Gasteiger partial charge in [-0.15, -0.1) is 10.2 Å². The summed E-state index contributed by atoms with van der Waals surface area (Å²) in [7, 11) is 1.42. The van der Waals surface area contributed by atoms with Crippen molar-refractivity contribution < 1.29 is 27.1 Å². The molecule has 1 fully saturated rings. The molecule has 184 valence electrons. The highest BCUT2D eigenvalue weighted by atomic mass is 19.3. The fourth-order valence-electron chi connectivity index (χ4n) is 3.54. The molecule has 2 aromatic heterocycles. The molecule has 0 saturated carbocycles. The average molecular weight is 491 g/mol. The number of nitrogens with one attached hydrogen (secondary N) is 2. The number of hydrogen-bond donors (Lipinski definition) is 2. The first kappa shape index (κ1) is 24.1. The number of rotatable bonds is 7. The van der Waals surface area contributed by atoms with E-state index in [1.165, 1.54) is 37.4 Å². The minimum atomic E-state index is -2.98. The number of benzene rings is 1. The van der Waals surface area contributed by atoms with E-state index in [4.69, 9.17) is 0 Å².